The first-order valence-electron chi connectivity index (χ1n) is 8.54. The third-order valence-electron chi connectivity index (χ3n) is 3.71. The number of hydrogen-bond acceptors (Lipinski definition) is 3. The predicted molar refractivity (Wildman–Crippen MR) is 104 cm³/mol. The van der Waals surface area contributed by atoms with E-state index in [9.17, 15) is 9.59 Å². The van der Waals surface area contributed by atoms with Crippen molar-refractivity contribution in [1.29, 1.82) is 0 Å². The molecule has 2 N–H and O–H groups in total. The summed E-state index contributed by atoms with van der Waals surface area (Å²) >= 11 is 0. The monoisotopic (exact) mass is 352 g/mol. The Bertz CT molecular complexity index is 795. The van der Waals surface area contributed by atoms with Gasteiger partial charge < -0.3 is 15.4 Å². The summed E-state index contributed by atoms with van der Waals surface area (Å²) in [6.07, 6.45) is 3.18. The minimum atomic E-state index is -0.313. The fourth-order valence-corrected chi connectivity index (χ4v) is 2.41. The summed E-state index contributed by atoms with van der Waals surface area (Å²) in [4.78, 5) is 23.8. The Labute approximate surface area is 154 Å². The summed E-state index contributed by atoms with van der Waals surface area (Å²) in [5.41, 5.74) is 3.90. The molecule has 136 valence electrons. The van der Waals surface area contributed by atoms with E-state index in [1.165, 1.54) is 11.6 Å². The van der Waals surface area contributed by atoms with E-state index in [4.69, 9.17) is 4.74 Å². The highest BCUT2D eigenvalue weighted by molar-refractivity contribution is 5.98. The van der Waals surface area contributed by atoms with Crippen LogP contribution in [0.4, 0.5) is 5.69 Å². The van der Waals surface area contributed by atoms with Crippen molar-refractivity contribution in [2.75, 3.05) is 18.5 Å². The zero-order valence-electron chi connectivity index (χ0n) is 15.3. The Hall–Kier alpha value is -3.08. The SMILES string of the molecule is CCOc1ccc(NC(=O)CNC(=O)/C=C/c2ccc(C)cc2C)cc1. The van der Waals surface area contributed by atoms with Crippen LogP contribution in [-0.4, -0.2) is 25.0 Å². The first-order chi connectivity index (χ1) is 12.5. The zero-order valence-corrected chi connectivity index (χ0v) is 15.3. The lowest BCUT2D eigenvalue weighted by Crippen LogP contribution is -2.31. The highest BCUT2D eigenvalue weighted by Crippen LogP contribution is 2.15. The van der Waals surface area contributed by atoms with Crippen molar-refractivity contribution in [3.63, 3.8) is 0 Å². The van der Waals surface area contributed by atoms with E-state index in [-0.39, 0.29) is 18.4 Å². The molecule has 0 spiro atoms. The maximum absolute atomic E-state index is 11.9. The molecule has 0 aliphatic carbocycles. The standard InChI is InChI=1S/C21H24N2O3/c1-4-26-19-10-8-18(9-11-19)23-21(25)14-22-20(24)12-7-17-6-5-15(2)13-16(17)3/h5-13H,4,14H2,1-3H3,(H,22,24)(H,23,25)/b12-7+. The number of aryl methyl sites for hydroxylation is 2. The number of anilines is 1. The predicted octanol–water partition coefficient (Wildman–Crippen LogP) is 3.47. The fraction of sp³-hybridized carbons (Fsp3) is 0.238. The summed E-state index contributed by atoms with van der Waals surface area (Å²) < 4.78 is 5.35. The molecule has 0 atom stereocenters. The normalized spacial score (nSPS) is 10.6. The van der Waals surface area contributed by atoms with Crippen molar-refractivity contribution in [1.82, 2.24) is 5.32 Å². The Morgan fingerprint density at radius 2 is 1.81 bits per heavy atom. The lowest BCUT2D eigenvalue weighted by Gasteiger charge is -2.07. The van der Waals surface area contributed by atoms with Gasteiger partial charge in [-0.2, -0.15) is 0 Å². The third kappa shape index (κ3) is 6.09. The smallest absolute Gasteiger partial charge is 0.244 e. The topological polar surface area (TPSA) is 67.4 Å². The minimum Gasteiger partial charge on any atom is -0.494 e. The molecule has 0 saturated heterocycles. The third-order valence-corrected chi connectivity index (χ3v) is 3.71. The number of rotatable bonds is 7. The molecule has 2 rings (SSSR count). The molecule has 0 aliphatic rings. The molecule has 0 heterocycles. The number of benzene rings is 2. The number of hydrogen-bond donors (Lipinski definition) is 2. The van der Waals surface area contributed by atoms with Crippen LogP contribution < -0.4 is 15.4 Å². The van der Waals surface area contributed by atoms with Crippen LogP contribution >= 0.6 is 0 Å². The molecule has 0 radical (unpaired) electrons. The summed E-state index contributed by atoms with van der Waals surface area (Å²) in [5.74, 6) is 0.143. The van der Waals surface area contributed by atoms with Gasteiger partial charge >= 0.3 is 0 Å². The summed E-state index contributed by atoms with van der Waals surface area (Å²) in [5, 5.41) is 5.30. The van der Waals surface area contributed by atoms with Crippen molar-refractivity contribution in [3.05, 3.63) is 65.2 Å². The summed E-state index contributed by atoms with van der Waals surface area (Å²) in [6, 6.07) is 13.1. The van der Waals surface area contributed by atoms with Crippen molar-refractivity contribution >= 4 is 23.6 Å². The first kappa shape index (κ1) is 19.2. The van der Waals surface area contributed by atoms with E-state index in [1.54, 1.807) is 30.3 Å². The van der Waals surface area contributed by atoms with Gasteiger partial charge in [0.05, 0.1) is 13.2 Å². The fourth-order valence-electron chi connectivity index (χ4n) is 2.41. The average molecular weight is 352 g/mol. The minimum absolute atomic E-state index is 0.0940. The van der Waals surface area contributed by atoms with E-state index in [1.807, 2.05) is 32.9 Å². The second-order valence-electron chi connectivity index (χ2n) is 5.92. The lowest BCUT2D eigenvalue weighted by atomic mass is 10.1. The first-order valence-corrected chi connectivity index (χ1v) is 8.54. The summed E-state index contributed by atoms with van der Waals surface area (Å²) in [7, 11) is 0. The van der Waals surface area contributed by atoms with Crippen LogP contribution in [0.3, 0.4) is 0 Å². The van der Waals surface area contributed by atoms with Gasteiger partial charge in [-0.05, 0) is 62.2 Å². The second kappa shape index (κ2) is 9.42. The summed E-state index contributed by atoms with van der Waals surface area (Å²) in [6.45, 7) is 6.43. The molecule has 0 bridgehead atoms. The van der Waals surface area contributed by atoms with Crippen LogP contribution in [0.5, 0.6) is 5.75 Å². The van der Waals surface area contributed by atoms with Crippen molar-refractivity contribution in [2.45, 2.75) is 20.8 Å². The van der Waals surface area contributed by atoms with Gasteiger partial charge in [0.15, 0.2) is 0 Å². The number of carbonyl (C=O) groups excluding carboxylic acids is 2. The van der Waals surface area contributed by atoms with Crippen LogP contribution in [-0.2, 0) is 9.59 Å². The zero-order chi connectivity index (χ0) is 18.9. The van der Waals surface area contributed by atoms with Gasteiger partial charge in [-0.3, -0.25) is 9.59 Å². The van der Waals surface area contributed by atoms with Gasteiger partial charge in [0.1, 0.15) is 5.75 Å². The molecule has 2 aromatic carbocycles. The van der Waals surface area contributed by atoms with Gasteiger partial charge in [0.2, 0.25) is 11.8 Å². The molecule has 0 unspecified atom stereocenters. The van der Waals surface area contributed by atoms with Gasteiger partial charge in [-0.15, -0.1) is 0 Å². The highest BCUT2D eigenvalue weighted by Gasteiger charge is 2.04. The Balaban J connectivity index is 1.80. The molecule has 5 heteroatoms. The van der Waals surface area contributed by atoms with Crippen molar-refractivity contribution in [3.8, 4) is 5.75 Å². The number of carbonyl (C=O) groups is 2. The van der Waals surface area contributed by atoms with Gasteiger partial charge in [0, 0.05) is 11.8 Å². The van der Waals surface area contributed by atoms with E-state index >= 15 is 0 Å². The Morgan fingerprint density at radius 1 is 1.08 bits per heavy atom. The van der Waals surface area contributed by atoms with Crippen LogP contribution in [0.2, 0.25) is 0 Å². The van der Waals surface area contributed by atoms with Gasteiger partial charge in [-0.1, -0.05) is 23.8 Å². The maximum Gasteiger partial charge on any atom is 0.244 e. The number of nitrogens with one attached hydrogen (secondary N) is 2. The molecule has 5 nitrogen and oxygen atoms in total. The van der Waals surface area contributed by atoms with Gasteiger partial charge in [0.25, 0.3) is 0 Å². The largest absolute Gasteiger partial charge is 0.494 e. The van der Waals surface area contributed by atoms with Crippen LogP contribution in [0.15, 0.2) is 48.5 Å². The molecule has 0 saturated carbocycles. The van der Waals surface area contributed by atoms with Crippen molar-refractivity contribution in [2.24, 2.45) is 0 Å². The van der Waals surface area contributed by atoms with E-state index < -0.39 is 0 Å². The van der Waals surface area contributed by atoms with Gasteiger partial charge in [-0.25, -0.2) is 0 Å². The molecular weight excluding hydrogens is 328 g/mol. The molecule has 0 fully saturated rings. The average Bonchev–Trinajstić information content (AvgIpc) is 2.61. The van der Waals surface area contributed by atoms with E-state index in [2.05, 4.69) is 16.7 Å². The second-order valence-corrected chi connectivity index (χ2v) is 5.92. The van der Waals surface area contributed by atoms with Crippen LogP contribution in [0.1, 0.15) is 23.6 Å². The molecule has 0 aromatic heterocycles. The highest BCUT2D eigenvalue weighted by atomic mass is 16.5. The number of amides is 2. The lowest BCUT2D eigenvalue weighted by molar-refractivity contribution is -0.121. The number of ether oxygens (including phenoxy) is 1. The quantitative estimate of drug-likeness (QED) is 0.750. The molecular formula is C21H24N2O3. The molecule has 0 aliphatic heterocycles. The van der Waals surface area contributed by atoms with E-state index in [0.717, 1.165) is 16.9 Å². The Kier molecular flexibility index (Phi) is 6.97. The molecule has 2 aromatic rings. The molecule has 2 amide bonds. The van der Waals surface area contributed by atoms with Crippen LogP contribution in [0, 0.1) is 13.8 Å². The maximum atomic E-state index is 11.9. The molecule has 26 heavy (non-hydrogen) atoms. The Morgan fingerprint density at radius 3 is 2.46 bits per heavy atom. The van der Waals surface area contributed by atoms with E-state index in [0.29, 0.717) is 12.3 Å². The van der Waals surface area contributed by atoms with Crippen molar-refractivity contribution < 1.29 is 14.3 Å². The van der Waals surface area contributed by atoms with Crippen LogP contribution in [0.25, 0.3) is 6.08 Å².